The van der Waals surface area contributed by atoms with E-state index in [2.05, 4.69) is 5.32 Å². The Morgan fingerprint density at radius 2 is 1.88 bits per heavy atom. The smallest absolute Gasteiger partial charge is 0.238 e. The monoisotopic (exact) mass is 369 g/mol. The molecule has 132 valence electrons. The molecule has 1 N–H and O–H groups in total. The molecular weight excluding hydrogens is 353 g/mol. The van der Waals surface area contributed by atoms with Gasteiger partial charge in [-0.15, -0.1) is 11.3 Å². The van der Waals surface area contributed by atoms with Gasteiger partial charge < -0.3 is 9.73 Å². The highest BCUT2D eigenvalue weighted by Gasteiger charge is 2.51. The molecule has 0 bridgehead atoms. The van der Waals surface area contributed by atoms with Crippen molar-refractivity contribution >= 4 is 23.0 Å². The van der Waals surface area contributed by atoms with Crippen molar-refractivity contribution < 1.29 is 18.4 Å². The van der Waals surface area contributed by atoms with Gasteiger partial charge >= 0.3 is 0 Å². The summed E-state index contributed by atoms with van der Waals surface area (Å²) in [4.78, 5) is 26.3. The molecular formula is C20H16FNO3S. The Morgan fingerprint density at radius 3 is 2.54 bits per heavy atom. The summed E-state index contributed by atoms with van der Waals surface area (Å²) in [5.74, 6) is -0.230. The average Bonchev–Trinajstić information content (AvgIpc) is 3.08. The number of nitrogens with one attached hydrogen (secondary N) is 1. The van der Waals surface area contributed by atoms with Gasteiger partial charge in [0.1, 0.15) is 5.82 Å². The van der Waals surface area contributed by atoms with E-state index in [0.717, 1.165) is 23.3 Å². The molecule has 6 heteroatoms. The van der Waals surface area contributed by atoms with Crippen LogP contribution in [0.4, 0.5) is 4.39 Å². The number of benzene rings is 1. The SMILES string of the molecule is O=C(c1ccco1)c1ccc(CNC(=O)C2(c3ccc(F)cc3)CC2)s1. The fourth-order valence-electron chi connectivity index (χ4n) is 3.00. The van der Waals surface area contributed by atoms with E-state index in [-0.39, 0.29) is 17.5 Å². The molecule has 1 aromatic carbocycles. The first-order valence-corrected chi connectivity index (χ1v) is 9.11. The molecule has 2 aromatic heterocycles. The second-order valence-corrected chi connectivity index (χ2v) is 7.51. The molecule has 3 aromatic rings. The fraction of sp³-hybridized carbons (Fsp3) is 0.200. The minimum Gasteiger partial charge on any atom is -0.461 e. The van der Waals surface area contributed by atoms with Crippen LogP contribution in [0.1, 0.15) is 38.7 Å². The highest BCUT2D eigenvalue weighted by atomic mass is 32.1. The number of furan rings is 1. The molecule has 1 saturated carbocycles. The van der Waals surface area contributed by atoms with Crippen molar-refractivity contribution in [3.05, 3.63) is 81.7 Å². The minimum atomic E-state index is -0.544. The Labute approximate surface area is 153 Å². The van der Waals surface area contributed by atoms with Gasteiger partial charge in [0.15, 0.2) is 5.76 Å². The summed E-state index contributed by atoms with van der Waals surface area (Å²) in [5, 5.41) is 2.94. The van der Waals surface area contributed by atoms with Gasteiger partial charge in [0.25, 0.3) is 0 Å². The first kappa shape index (κ1) is 16.7. The van der Waals surface area contributed by atoms with Crippen molar-refractivity contribution in [3.63, 3.8) is 0 Å². The van der Waals surface area contributed by atoms with Crippen LogP contribution in [-0.4, -0.2) is 11.7 Å². The standard InChI is InChI=1S/C20H16FNO3S/c21-14-5-3-13(4-6-14)20(9-10-20)19(24)22-12-15-7-8-17(26-15)18(23)16-2-1-11-25-16/h1-8,11H,9-10,12H2,(H,22,24). The topological polar surface area (TPSA) is 59.3 Å². The zero-order valence-corrected chi connectivity index (χ0v) is 14.6. The number of hydrogen-bond acceptors (Lipinski definition) is 4. The van der Waals surface area contributed by atoms with E-state index in [0.29, 0.717) is 17.2 Å². The lowest BCUT2D eigenvalue weighted by atomic mass is 9.95. The Bertz CT molecular complexity index is 940. The van der Waals surface area contributed by atoms with E-state index >= 15 is 0 Å². The van der Waals surface area contributed by atoms with Gasteiger partial charge in [-0.2, -0.15) is 0 Å². The van der Waals surface area contributed by atoms with Gasteiger partial charge in [-0.3, -0.25) is 9.59 Å². The molecule has 2 heterocycles. The summed E-state index contributed by atoms with van der Waals surface area (Å²) >= 11 is 1.34. The molecule has 0 aliphatic heterocycles. The molecule has 0 atom stereocenters. The van der Waals surface area contributed by atoms with Crippen molar-refractivity contribution in [3.8, 4) is 0 Å². The van der Waals surface area contributed by atoms with Crippen molar-refractivity contribution in [1.29, 1.82) is 0 Å². The maximum atomic E-state index is 13.1. The third-order valence-electron chi connectivity index (χ3n) is 4.64. The van der Waals surface area contributed by atoms with Gasteiger partial charge in [-0.1, -0.05) is 12.1 Å². The summed E-state index contributed by atoms with van der Waals surface area (Å²) in [6.07, 6.45) is 2.99. The van der Waals surface area contributed by atoms with Gasteiger partial charge in [0.05, 0.1) is 23.1 Å². The van der Waals surface area contributed by atoms with E-state index in [4.69, 9.17) is 4.42 Å². The Hall–Kier alpha value is -2.73. The summed E-state index contributed by atoms with van der Waals surface area (Å²) in [6.45, 7) is 0.359. The second kappa shape index (κ2) is 6.53. The number of halogens is 1. The Balaban J connectivity index is 1.41. The summed E-state index contributed by atoms with van der Waals surface area (Å²) in [7, 11) is 0. The number of hydrogen-bond donors (Lipinski definition) is 1. The molecule has 4 rings (SSSR count). The zero-order valence-electron chi connectivity index (χ0n) is 13.8. The van der Waals surface area contributed by atoms with E-state index in [1.54, 1.807) is 30.3 Å². The Kier molecular flexibility index (Phi) is 4.20. The lowest BCUT2D eigenvalue weighted by Crippen LogP contribution is -2.34. The maximum Gasteiger partial charge on any atom is 0.238 e. The first-order valence-electron chi connectivity index (χ1n) is 8.30. The number of carbonyl (C=O) groups is 2. The van der Waals surface area contributed by atoms with E-state index < -0.39 is 5.41 Å². The first-order chi connectivity index (χ1) is 12.6. The van der Waals surface area contributed by atoms with Crippen LogP contribution in [-0.2, 0) is 16.8 Å². The van der Waals surface area contributed by atoms with Crippen LogP contribution in [0.15, 0.2) is 59.2 Å². The van der Waals surface area contributed by atoms with Gasteiger partial charge in [-0.05, 0) is 54.8 Å². The van der Waals surface area contributed by atoms with E-state index in [1.165, 1.54) is 29.7 Å². The predicted molar refractivity (Wildman–Crippen MR) is 95.6 cm³/mol. The minimum absolute atomic E-state index is 0.0589. The number of thiophene rings is 1. The van der Waals surface area contributed by atoms with Crippen LogP contribution in [0.2, 0.25) is 0 Å². The van der Waals surface area contributed by atoms with Crippen molar-refractivity contribution in [2.24, 2.45) is 0 Å². The normalized spacial score (nSPS) is 14.8. The van der Waals surface area contributed by atoms with Crippen LogP contribution < -0.4 is 5.32 Å². The van der Waals surface area contributed by atoms with Crippen LogP contribution >= 0.6 is 11.3 Å². The predicted octanol–water partition coefficient (Wildman–Crippen LogP) is 4.06. The number of ketones is 1. The van der Waals surface area contributed by atoms with Crippen molar-refractivity contribution in [1.82, 2.24) is 5.32 Å². The molecule has 0 spiro atoms. The molecule has 1 amide bonds. The second-order valence-electron chi connectivity index (χ2n) is 6.34. The fourth-order valence-corrected chi connectivity index (χ4v) is 3.89. The van der Waals surface area contributed by atoms with Crippen molar-refractivity contribution in [2.75, 3.05) is 0 Å². The zero-order chi connectivity index (χ0) is 18.1. The molecule has 0 radical (unpaired) electrons. The summed E-state index contributed by atoms with van der Waals surface area (Å²) in [6, 6.07) is 13.0. The molecule has 0 saturated heterocycles. The average molecular weight is 369 g/mol. The molecule has 26 heavy (non-hydrogen) atoms. The molecule has 1 fully saturated rings. The third kappa shape index (κ3) is 3.08. The number of amides is 1. The quantitative estimate of drug-likeness (QED) is 0.667. The number of carbonyl (C=O) groups excluding carboxylic acids is 2. The lowest BCUT2D eigenvalue weighted by molar-refractivity contribution is -0.123. The number of rotatable bonds is 6. The molecule has 1 aliphatic rings. The van der Waals surface area contributed by atoms with Gasteiger partial charge in [-0.25, -0.2) is 4.39 Å². The van der Waals surface area contributed by atoms with Gasteiger partial charge in [0.2, 0.25) is 11.7 Å². The third-order valence-corrected chi connectivity index (χ3v) is 5.72. The molecule has 1 aliphatic carbocycles. The van der Waals surface area contributed by atoms with Crippen LogP contribution in [0.3, 0.4) is 0 Å². The largest absolute Gasteiger partial charge is 0.461 e. The van der Waals surface area contributed by atoms with Crippen LogP contribution in [0.5, 0.6) is 0 Å². The van der Waals surface area contributed by atoms with E-state index in [9.17, 15) is 14.0 Å². The van der Waals surface area contributed by atoms with Crippen LogP contribution in [0, 0.1) is 5.82 Å². The highest BCUT2D eigenvalue weighted by Crippen LogP contribution is 2.48. The van der Waals surface area contributed by atoms with Gasteiger partial charge in [0, 0.05) is 4.88 Å². The maximum absolute atomic E-state index is 13.1. The lowest BCUT2D eigenvalue weighted by Gasteiger charge is -2.15. The van der Waals surface area contributed by atoms with Crippen molar-refractivity contribution in [2.45, 2.75) is 24.8 Å². The summed E-state index contributed by atoms with van der Waals surface area (Å²) < 4.78 is 18.2. The van der Waals surface area contributed by atoms with Crippen LogP contribution in [0.25, 0.3) is 0 Å². The molecule has 0 unspecified atom stereocenters. The van der Waals surface area contributed by atoms with E-state index in [1.807, 2.05) is 6.07 Å². The highest BCUT2D eigenvalue weighted by molar-refractivity contribution is 7.14. The Morgan fingerprint density at radius 1 is 1.12 bits per heavy atom. The summed E-state index contributed by atoms with van der Waals surface area (Å²) in [5.41, 5.74) is 0.300. The molecule has 4 nitrogen and oxygen atoms in total.